The van der Waals surface area contributed by atoms with Crippen LogP contribution >= 0.6 is 22.9 Å². The molecule has 7 nitrogen and oxygen atoms in total. The second-order valence-electron chi connectivity index (χ2n) is 6.09. The maximum atomic E-state index is 11.9. The number of nitrogens with zero attached hydrogens (tertiary/aromatic N) is 3. The first-order valence-corrected chi connectivity index (χ1v) is 11.0. The molecule has 1 aliphatic rings. The highest BCUT2D eigenvalue weighted by Gasteiger charge is 2.31. The zero-order valence-corrected chi connectivity index (χ0v) is 16.7. The molecule has 3 rings (SSSR count). The molecule has 3 heterocycles. The summed E-state index contributed by atoms with van der Waals surface area (Å²) in [6.07, 6.45) is 3.31. The van der Waals surface area contributed by atoms with Gasteiger partial charge in [0.15, 0.2) is 9.84 Å². The van der Waals surface area contributed by atoms with Crippen LogP contribution in [-0.2, 0) is 26.0 Å². The molecular weight excluding hydrogens is 398 g/mol. The van der Waals surface area contributed by atoms with Gasteiger partial charge in [-0.1, -0.05) is 11.6 Å². The Kier molecular flexibility index (Phi) is 5.50. The van der Waals surface area contributed by atoms with Crippen LogP contribution in [0.25, 0.3) is 6.08 Å². The third-order valence-corrected chi connectivity index (χ3v) is 6.99. The minimum atomic E-state index is -3.04. The van der Waals surface area contributed by atoms with E-state index in [1.165, 1.54) is 22.1 Å². The van der Waals surface area contributed by atoms with E-state index in [0.29, 0.717) is 28.5 Å². The fourth-order valence-electron chi connectivity index (χ4n) is 2.75. The van der Waals surface area contributed by atoms with Gasteiger partial charge in [-0.25, -0.2) is 22.9 Å². The second kappa shape index (κ2) is 7.50. The number of carbonyl (C=O) groups is 1. The minimum Gasteiger partial charge on any atom is -0.456 e. The van der Waals surface area contributed by atoms with Crippen molar-refractivity contribution in [3.8, 4) is 0 Å². The lowest BCUT2D eigenvalue weighted by Gasteiger charge is -2.09. The Hall–Kier alpha value is -1.71. The summed E-state index contributed by atoms with van der Waals surface area (Å²) in [5.74, 6) is -0.339. The SMILES string of the molecule is Cc1nc(COC(=O)/C=C/c2c(C)nn([C@@H]3CCS(=O)(=O)C3)c2Cl)cs1. The van der Waals surface area contributed by atoms with Crippen molar-refractivity contribution in [3.05, 3.63) is 38.6 Å². The molecule has 0 amide bonds. The summed E-state index contributed by atoms with van der Waals surface area (Å²) in [5.41, 5.74) is 1.91. The molecule has 140 valence electrons. The molecule has 2 aromatic heterocycles. The number of halogens is 1. The van der Waals surface area contributed by atoms with Crippen LogP contribution in [-0.4, -0.2) is 40.7 Å². The molecule has 1 fully saturated rings. The van der Waals surface area contributed by atoms with Crippen LogP contribution in [0, 0.1) is 13.8 Å². The average Bonchev–Trinajstić information content (AvgIpc) is 3.22. The van der Waals surface area contributed by atoms with Crippen LogP contribution in [0.5, 0.6) is 0 Å². The molecule has 0 radical (unpaired) electrons. The van der Waals surface area contributed by atoms with Crippen LogP contribution in [0.4, 0.5) is 0 Å². The van der Waals surface area contributed by atoms with E-state index >= 15 is 0 Å². The van der Waals surface area contributed by atoms with Gasteiger partial charge in [0, 0.05) is 17.0 Å². The number of rotatable bonds is 5. The predicted octanol–water partition coefficient (Wildman–Crippen LogP) is 2.73. The van der Waals surface area contributed by atoms with E-state index in [4.69, 9.17) is 16.3 Å². The van der Waals surface area contributed by atoms with Crippen molar-refractivity contribution >= 4 is 44.8 Å². The first-order chi connectivity index (χ1) is 12.2. The molecule has 0 N–H and O–H groups in total. The zero-order valence-electron chi connectivity index (χ0n) is 14.3. The summed E-state index contributed by atoms with van der Waals surface area (Å²) in [7, 11) is -3.04. The molecule has 0 aromatic carbocycles. The highest BCUT2D eigenvalue weighted by molar-refractivity contribution is 7.91. The van der Waals surface area contributed by atoms with E-state index in [1.807, 2.05) is 12.3 Å². The molecule has 0 unspecified atom stereocenters. The van der Waals surface area contributed by atoms with E-state index < -0.39 is 15.8 Å². The molecule has 0 aliphatic carbocycles. The van der Waals surface area contributed by atoms with Crippen molar-refractivity contribution in [3.63, 3.8) is 0 Å². The highest BCUT2D eigenvalue weighted by atomic mass is 35.5. The van der Waals surface area contributed by atoms with Crippen molar-refractivity contribution in [2.75, 3.05) is 11.5 Å². The Morgan fingerprint density at radius 3 is 2.88 bits per heavy atom. The van der Waals surface area contributed by atoms with Crippen molar-refractivity contribution in [2.45, 2.75) is 32.9 Å². The summed E-state index contributed by atoms with van der Waals surface area (Å²) in [6.45, 7) is 3.75. The first-order valence-electron chi connectivity index (χ1n) is 7.96. The number of thiazole rings is 1. The van der Waals surface area contributed by atoms with E-state index in [9.17, 15) is 13.2 Å². The summed E-state index contributed by atoms with van der Waals surface area (Å²) in [6, 6.07) is -0.270. The lowest BCUT2D eigenvalue weighted by atomic mass is 10.2. The van der Waals surface area contributed by atoms with Crippen LogP contribution < -0.4 is 0 Å². The smallest absolute Gasteiger partial charge is 0.331 e. The van der Waals surface area contributed by atoms with Crippen LogP contribution in [0.3, 0.4) is 0 Å². The van der Waals surface area contributed by atoms with E-state index in [2.05, 4.69) is 10.1 Å². The Morgan fingerprint density at radius 1 is 1.50 bits per heavy atom. The number of aryl methyl sites for hydroxylation is 2. The van der Waals surface area contributed by atoms with E-state index in [-0.39, 0.29) is 24.2 Å². The topological polar surface area (TPSA) is 91.2 Å². The van der Waals surface area contributed by atoms with Gasteiger partial charge in [0.25, 0.3) is 0 Å². The van der Waals surface area contributed by atoms with Crippen molar-refractivity contribution in [1.29, 1.82) is 0 Å². The number of hydrogen-bond donors (Lipinski definition) is 0. The van der Waals surface area contributed by atoms with Gasteiger partial charge >= 0.3 is 5.97 Å². The number of esters is 1. The third kappa shape index (κ3) is 4.33. The summed E-state index contributed by atoms with van der Waals surface area (Å²) >= 11 is 7.85. The Balaban J connectivity index is 1.67. The fourth-order valence-corrected chi connectivity index (χ4v) is 5.42. The largest absolute Gasteiger partial charge is 0.456 e. The lowest BCUT2D eigenvalue weighted by molar-refractivity contribution is -0.139. The quantitative estimate of drug-likeness (QED) is 0.550. The zero-order chi connectivity index (χ0) is 18.9. The van der Waals surface area contributed by atoms with Crippen molar-refractivity contribution < 1.29 is 17.9 Å². The van der Waals surface area contributed by atoms with Gasteiger partial charge in [-0.15, -0.1) is 11.3 Å². The summed E-state index contributed by atoms with van der Waals surface area (Å²) < 4.78 is 30.0. The normalized spacial score (nSPS) is 19.3. The first kappa shape index (κ1) is 19.1. The maximum absolute atomic E-state index is 11.9. The van der Waals surface area contributed by atoms with Gasteiger partial charge in [0.05, 0.1) is 33.9 Å². The molecule has 0 spiro atoms. The van der Waals surface area contributed by atoms with Gasteiger partial charge in [-0.05, 0) is 26.3 Å². The fraction of sp³-hybridized carbons (Fsp3) is 0.438. The monoisotopic (exact) mass is 415 g/mol. The number of sulfone groups is 1. The van der Waals surface area contributed by atoms with Gasteiger partial charge in [0.2, 0.25) is 0 Å². The standard InChI is InChI=1S/C16H18ClN3O4S2/c1-10-14(3-4-15(21)24-7-12-8-25-11(2)18-12)16(17)20(19-10)13-5-6-26(22,23)9-13/h3-4,8,13H,5-7,9H2,1-2H3/b4-3+/t13-/m1/s1. The van der Waals surface area contributed by atoms with Crippen LogP contribution in [0.2, 0.25) is 5.15 Å². The summed E-state index contributed by atoms with van der Waals surface area (Å²) in [5, 5.41) is 7.42. The van der Waals surface area contributed by atoms with Gasteiger partial charge in [-0.3, -0.25) is 0 Å². The second-order valence-corrected chi connectivity index (χ2v) is 9.74. The Labute approximate surface area is 160 Å². The van der Waals surface area contributed by atoms with Gasteiger partial charge in [0.1, 0.15) is 11.8 Å². The number of hydrogen-bond acceptors (Lipinski definition) is 7. The van der Waals surface area contributed by atoms with Gasteiger partial charge < -0.3 is 4.74 Å². The predicted molar refractivity (Wildman–Crippen MR) is 100.0 cm³/mol. The number of aromatic nitrogens is 3. The van der Waals surface area contributed by atoms with Crippen molar-refractivity contribution in [1.82, 2.24) is 14.8 Å². The van der Waals surface area contributed by atoms with Crippen molar-refractivity contribution in [2.24, 2.45) is 0 Å². The molecule has 1 saturated heterocycles. The van der Waals surface area contributed by atoms with Gasteiger partial charge in [-0.2, -0.15) is 5.10 Å². The molecular formula is C16H18ClN3O4S2. The number of carbonyl (C=O) groups excluding carboxylic acids is 1. The maximum Gasteiger partial charge on any atom is 0.331 e. The van der Waals surface area contributed by atoms with Crippen LogP contribution in [0.15, 0.2) is 11.5 Å². The average molecular weight is 416 g/mol. The molecule has 10 heteroatoms. The molecule has 0 saturated carbocycles. The Morgan fingerprint density at radius 2 is 2.27 bits per heavy atom. The number of ether oxygens (including phenoxy) is 1. The van der Waals surface area contributed by atoms with Crippen LogP contribution in [0.1, 0.15) is 34.4 Å². The molecule has 1 atom stereocenters. The summed E-state index contributed by atoms with van der Waals surface area (Å²) in [4.78, 5) is 16.1. The molecule has 1 aliphatic heterocycles. The molecule has 0 bridgehead atoms. The molecule has 2 aromatic rings. The highest BCUT2D eigenvalue weighted by Crippen LogP contribution is 2.30. The Bertz CT molecular complexity index is 962. The van der Waals surface area contributed by atoms with E-state index in [0.717, 1.165) is 5.01 Å². The molecule has 26 heavy (non-hydrogen) atoms. The lowest BCUT2D eigenvalue weighted by Crippen LogP contribution is -2.12. The third-order valence-electron chi connectivity index (χ3n) is 4.04. The van der Waals surface area contributed by atoms with E-state index in [1.54, 1.807) is 13.0 Å². The minimum absolute atomic E-state index is 0.0338.